The highest BCUT2D eigenvalue weighted by Crippen LogP contribution is 2.43. The van der Waals surface area contributed by atoms with Crippen molar-refractivity contribution in [2.45, 2.75) is 19.3 Å². The largest absolute Gasteiger partial charge is 0.573 e. The Morgan fingerprint density at radius 2 is 1.64 bits per heavy atom. The van der Waals surface area contributed by atoms with Crippen molar-refractivity contribution in [2.24, 2.45) is 0 Å². The number of aliphatic hydroxyl groups excluding tert-OH is 1. The minimum Gasteiger partial charge on any atom is -0.507 e. The average molecular weight is 493 g/mol. The Morgan fingerprint density at radius 1 is 0.944 bits per heavy atom. The molecule has 0 aliphatic carbocycles. The molecular formula is C27H18F3NO5. The Labute approximate surface area is 202 Å². The van der Waals surface area contributed by atoms with Crippen molar-refractivity contribution in [1.29, 1.82) is 0 Å². The predicted molar refractivity (Wildman–Crippen MR) is 125 cm³/mol. The van der Waals surface area contributed by atoms with Crippen LogP contribution in [-0.2, 0) is 9.59 Å². The van der Waals surface area contributed by atoms with Crippen LogP contribution < -0.4 is 9.64 Å². The molecule has 36 heavy (non-hydrogen) atoms. The van der Waals surface area contributed by atoms with Crippen LogP contribution >= 0.6 is 0 Å². The van der Waals surface area contributed by atoms with Crippen LogP contribution in [0.15, 0.2) is 88.9 Å². The molecule has 5 rings (SSSR count). The molecule has 182 valence electrons. The summed E-state index contributed by atoms with van der Waals surface area (Å²) in [5.74, 6) is -2.06. The number of hydrogen-bond acceptors (Lipinski definition) is 5. The summed E-state index contributed by atoms with van der Waals surface area (Å²) in [5, 5.41) is 13.0. The molecule has 1 atom stereocenters. The summed E-state index contributed by atoms with van der Waals surface area (Å²) in [6.07, 6.45) is -4.88. The Morgan fingerprint density at radius 3 is 2.28 bits per heavy atom. The fourth-order valence-electron chi connectivity index (χ4n) is 4.27. The Bertz CT molecular complexity index is 1520. The van der Waals surface area contributed by atoms with Gasteiger partial charge in [0.25, 0.3) is 11.7 Å². The monoisotopic (exact) mass is 493 g/mol. The Kier molecular flexibility index (Phi) is 5.55. The topological polar surface area (TPSA) is 80.0 Å². The third-order valence-electron chi connectivity index (χ3n) is 5.85. The molecule has 0 bridgehead atoms. The third kappa shape index (κ3) is 4.19. The molecule has 1 aliphatic rings. The summed E-state index contributed by atoms with van der Waals surface area (Å²) in [6.45, 7) is 1.68. The summed E-state index contributed by atoms with van der Waals surface area (Å²) in [4.78, 5) is 27.4. The van der Waals surface area contributed by atoms with Crippen LogP contribution in [0, 0.1) is 6.92 Å². The molecule has 1 N–H and O–H groups in total. The number of ether oxygens (including phenoxy) is 1. The molecule has 1 fully saturated rings. The van der Waals surface area contributed by atoms with Gasteiger partial charge < -0.3 is 14.3 Å². The number of hydrogen-bond donors (Lipinski definition) is 1. The van der Waals surface area contributed by atoms with Crippen LogP contribution in [0.1, 0.15) is 23.1 Å². The van der Waals surface area contributed by atoms with Crippen molar-refractivity contribution in [2.75, 3.05) is 4.90 Å². The number of fused-ring (bicyclic) bond motifs is 1. The van der Waals surface area contributed by atoms with Crippen LogP contribution in [0.3, 0.4) is 0 Å². The minimum atomic E-state index is -4.88. The zero-order valence-corrected chi connectivity index (χ0v) is 18.7. The van der Waals surface area contributed by atoms with Crippen molar-refractivity contribution >= 4 is 33.9 Å². The molecular weight excluding hydrogens is 475 g/mol. The first-order valence-electron chi connectivity index (χ1n) is 10.8. The van der Waals surface area contributed by atoms with Gasteiger partial charge in [-0.3, -0.25) is 14.5 Å². The molecule has 0 saturated carbocycles. The second-order valence-corrected chi connectivity index (χ2v) is 8.22. The van der Waals surface area contributed by atoms with Crippen LogP contribution in [0.5, 0.6) is 5.75 Å². The highest BCUT2D eigenvalue weighted by Gasteiger charge is 2.48. The van der Waals surface area contributed by atoms with E-state index in [-0.39, 0.29) is 17.0 Å². The van der Waals surface area contributed by atoms with Crippen LogP contribution in [0.2, 0.25) is 0 Å². The van der Waals surface area contributed by atoms with Crippen LogP contribution in [-0.4, -0.2) is 23.2 Å². The highest BCUT2D eigenvalue weighted by atomic mass is 19.4. The number of aryl methyl sites for hydroxylation is 1. The standard InChI is InChI=1S/C27H18F3NO5/c1-15-6-13-21(35-15)23-22(24(32)18-8-7-16-4-2-3-5-17(16)14-18)25(33)26(34)31(23)19-9-11-20(12-10-19)36-27(28,29)30/h2-14,23,32H,1H3/b24-22-. The first-order chi connectivity index (χ1) is 17.1. The quantitative estimate of drug-likeness (QED) is 0.206. The van der Waals surface area contributed by atoms with Gasteiger partial charge in [0.1, 0.15) is 29.1 Å². The number of amides is 1. The van der Waals surface area contributed by atoms with Gasteiger partial charge in [-0.15, -0.1) is 13.2 Å². The van der Waals surface area contributed by atoms with Gasteiger partial charge in [-0.2, -0.15) is 0 Å². The number of furan rings is 1. The average Bonchev–Trinajstić information content (AvgIpc) is 3.38. The third-order valence-corrected chi connectivity index (χ3v) is 5.85. The molecule has 0 spiro atoms. The van der Waals surface area contributed by atoms with Crippen molar-refractivity contribution in [1.82, 2.24) is 0 Å². The summed E-state index contributed by atoms with van der Waals surface area (Å²) >= 11 is 0. The summed E-state index contributed by atoms with van der Waals surface area (Å²) in [7, 11) is 0. The van der Waals surface area contributed by atoms with Gasteiger partial charge in [0.15, 0.2) is 0 Å². The van der Waals surface area contributed by atoms with Crippen molar-refractivity contribution in [3.63, 3.8) is 0 Å². The molecule has 1 unspecified atom stereocenters. The molecule has 1 amide bonds. The number of benzene rings is 3. The van der Waals surface area contributed by atoms with E-state index in [0.717, 1.165) is 27.8 Å². The lowest BCUT2D eigenvalue weighted by atomic mass is 9.97. The van der Waals surface area contributed by atoms with E-state index in [9.17, 15) is 27.9 Å². The lowest BCUT2D eigenvalue weighted by molar-refractivity contribution is -0.274. The maximum atomic E-state index is 13.2. The number of anilines is 1. The number of aliphatic hydroxyl groups is 1. The first-order valence-corrected chi connectivity index (χ1v) is 10.8. The van der Waals surface area contributed by atoms with E-state index in [4.69, 9.17) is 4.42 Å². The van der Waals surface area contributed by atoms with E-state index in [1.165, 1.54) is 12.1 Å². The number of ketones is 1. The molecule has 3 aromatic carbocycles. The van der Waals surface area contributed by atoms with E-state index in [2.05, 4.69) is 4.74 Å². The van der Waals surface area contributed by atoms with E-state index in [1.807, 2.05) is 24.3 Å². The Hall–Kier alpha value is -4.53. The van der Waals surface area contributed by atoms with E-state index >= 15 is 0 Å². The van der Waals surface area contributed by atoms with Gasteiger partial charge in [-0.25, -0.2) is 0 Å². The normalized spacial score (nSPS) is 17.7. The molecule has 1 saturated heterocycles. The number of Topliss-reactive ketones (excluding diaryl/α,β-unsaturated/α-hetero) is 1. The molecule has 9 heteroatoms. The number of carbonyl (C=O) groups excluding carboxylic acids is 2. The van der Waals surface area contributed by atoms with Gasteiger partial charge in [0.05, 0.1) is 5.57 Å². The van der Waals surface area contributed by atoms with Crippen LogP contribution in [0.4, 0.5) is 18.9 Å². The van der Waals surface area contributed by atoms with Gasteiger partial charge in [0, 0.05) is 11.3 Å². The fraction of sp³-hybridized carbons (Fsp3) is 0.111. The highest BCUT2D eigenvalue weighted by molar-refractivity contribution is 6.51. The van der Waals surface area contributed by atoms with Crippen LogP contribution in [0.25, 0.3) is 16.5 Å². The van der Waals surface area contributed by atoms with E-state index in [1.54, 1.807) is 37.3 Å². The molecule has 6 nitrogen and oxygen atoms in total. The zero-order chi connectivity index (χ0) is 25.6. The summed E-state index contributed by atoms with van der Waals surface area (Å²) in [5.41, 5.74) is 0.261. The van der Waals surface area contributed by atoms with E-state index < -0.39 is 35.6 Å². The minimum absolute atomic E-state index is 0.128. The second-order valence-electron chi connectivity index (χ2n) is 8.22. The number of nitrogens with zero attached hydrogens (tertiary/aromatic N) is 1. The second kappa shape index (κ2) is 8.60. The molecule has 4 aromatic rings. The van der Waals surface area contributed by atoms with Gasteiger partial charge in [-0.05, 0) is 60.2 Å². The first kappa shape index (κ1) is 23.2. The van der Waals surface area contributed by atoms with Gasteiger partial charge >= 0.3 is 6.36 Å². The molecule has 1 aliphatic heterocycles. The SMILES string of the molecule is Cc1ccc(C2/C(=C(/O)c3ccc4ccccc4c3)C(=O)C(=O)N2c2ccc(OC(F)(F)F)cc2)o1. The summed E-state index contributed by atoms with van der Waals surface area (Å²) < 4.78 is 47.3. The molecule has 2 heterocycles. The maximum Gasteiger partial charge on any atom is 0.573 e. The summed E-state index contributed by atoms with van der Waals surface area (Å²) in [6, 6.07) is 19.2. The lowest BCUT2D eigenvalue weighted by Gasteiger charge is -2.23. The number of rotatable bonds is 4. The van der Waals surface area contributed by atoms with Crippen molar-refractivity contribution < 1.29 is 37.0 Å². The van der Waals surface area contributed by atoms with Crippen molar-refractivity contribution in [3.8, 4) is 5.75 Å². The smallest absolute Gasteiger partial charge is 0.507 e. The lowest BCUT2D eigenvalue weighted by Crippen LogP contribution is -2.29. The fourth-order valence-corrected chi connectivity index (χ4v) is 4.27. The van der Waals surface area contributed by atoms with E-state index in [0.29, 0.717) is 11.3 Å². The zero-order valence-electron chi connectivity index (χ0n) is 18.7. The van der Waals surface area contributed by atoms with Gasteiger partial charge in [0.2, 0.25) is 0 Å². The van der Waals surface area contributed by atoms with Gasteiger partial charge in [-0.1, -0.05) is 36.4 Å². The Balaban J connectivity index is 1.63. The number of halogens is 3. The number of alkyl halides is 3. The van der Waals surface area contributed by atoms with Crippen molar-refractivity contribution in [3.05, 3.63) is 102 Å². The maximum absolute atomic E-state index is 13.2. The molecule has 0 radical (unpaired) electrons. The number of carbonyl (C=O) groups is 2. The predicted octanol–water partition coefficient (Wildman–Crippen LogP) is 6.27. The molecule has 1 aromatic heterocycles.